The van der Waals surface area contributed by atoms with Gasteiger partial charge in [0.25, 0.3) is 0 Å². The maximum absolute atomic E-state index is 13.7. The predicted octanol–water partition coefficient (Wildman–Crippen LogP) is 6.14. The van der Waals surface area contributed by atoms with Crippen LogP contribution in [0.5, 0.6) is 0 Å². The van der Waals surface area contributed by atoms with Crippen LogP contribution in [-0.4, -0.2) is 6.61 Å². The van der Waals surface area contributed by atoms with Gasteiger partial charge in [-0.3, -0.25) is 4.52 Å². The molecule has 1 aliphatic rings. The van der Waals surface area contributed by atoms with E-state index < -0.39 is 7.60 Å². The molecule has 1 unspecified atom stereocenters. The Kier molecular flexibility index (Phi) is 4.92. The van der Waals surface area contributed by atoms with Crippen molar-refractivity contribution in [2.45, 2.75) is 6.92 Å². The largest absolute Gasteiger partial charge is 0.420 e. The lowest BCUT2D eigenvalue weighted by Crippen LogP contribution is -2.21. The summed E-state index contributed by atoms with van der Waals surface area (Å²) in [5.74, 6) is 0.536. The van der Waals surface area contributed by atoms with E-state index in [0.29, 0.717) is 16.1 Å². The van der Waals surface area contributed by atoms with E-state index in [1.807, 2.05) is 72.8 Å². The first-order chi connectivity index (χ1) is 13.1. The second-order valence-corrected chi connectivity index (χ2v) is 8.37. The fourth-order valence-corrected chi connectivity index (χ4v) is 5.62. The third-order valence-corrected chi connectivity index (χ3v) is 6.86. The van der Waals surface area contributed by atoms with Crippen molar-refractivity contribution in [3.05, 3.63) is 101 Å². The molecular weight excluding hydrogens is 379 g/mol. The highest BCUT2D eigenvalue weighted by Gasteiger charge is 2.41. The van der Waals surface area contributed by atoms with Crippen LogP contribution < -0.4 is 5.30 Å². The summed E-state index contributed by atoms with van der Waals surface area (Å²) in [4.78, 5) is 0. The molecule has 0 aromatic heterocycles. The van der Waals surface area contributed by atoms with Gasteiger partial charge in [0.2, 0.25) is 0 Å². The maximum atomic E-state index is 13.7. The van der Waals surface area contributed by atoms with Gasteiger partial charge in [-0.1, -0.05) is 84.4 Å². The lowest BCUT2D eigenvalue weighted by atomic mass is 9.94. The van der Waals surface area contributed by atoms with Crippen LogP contribution in [0.3, 0.4) is 0 Å². The van der Waals surface area contributed by atoms with Crippen molar-refractivity contribution >= 4 is 35.8 Å². The minimum Gasteiger partial charge on any atom is -0.420 e. The minimum atomic E-state index is -3.61. The SMILES string of the molecule is CCOP1(=O)OC(c2ccccc2)=C(c2ccccc2)c2cccc(Cl)c21. The zero-order chi connectivity index (χ0) is 18.9. The molecule has 5 heteroatoms. The molecule has 3 aromatic carbocycles. The fraction of sp³-hybridized carbons (Fsp3) is 0.0909. The fourth-order valence-electron chi connectivity index (χ4n) is 3.27. The molecule has 0 amide bonds. The number of fused-ring (bicyclic) bond motifs is 1. The molecule has 0 spiro atoms. The van der Waals surface area contributed by atoms with Crippen molar-refractivity contribution in [1.82, 2.24) is 0 Å². The summed E-state index contributed by atoms with van der Waals surface area (Å²) in [5.41, 5.74) is 3.42. The quantitative estimate of drug-likeness (QED) is 0.497. The van der Waals surface area contributed by atoms with E-state index in [-0.39, 0.29) is 6.61 Å². The highest BCUT2D eigenvalue weighted by molar-refractivity contribution is 7.63. The molecule has 1 heterocycles. The van der Waals surface area contributed by atoms with Gasteiger partial charge in [-0.05, 0) is 18.6 Å². The van der Waals surface area contributed by atoms with Gasteiger partial charge in [0.15, 0.2) is 0 Å². The van der Waals surface area contributed by atoms with E-state index in [2.05, 4.69) is 0 Å². The number of hydrogen-bond acceptors (Lipinski definition) is 3. The van der Waals surface area contributed by atoms with Gasteiger partial charge < -0.3 is 4.52 Å². The van der Waals surface area contributed by atoms with Gasteiger partial charge in [0.05, 0.1) is 11.6 Å². The molecule has 1 aliphatic heterocycles. The monoisotopic (exact) mass is 396 g/mol. The van der Waals surface area contributed by atoms with E-state index in [0.717, 1.165) is 22.3 Å². The topological polar surface area (TPSA) is 35.5 Å². The number of halogens is 1. The van der Waals surface area contributed by atoms with Crippen LogP contribution in [0, 0.1) is 0 Å². The molecule has 0 radical (unpaired) electrons. The Morgan fingerprint density at radius 1 is 0.889 bits per heavy atom. The Hall–Kier alpha value is -2.32. The average Bonchev–Trinajstić information content (AvgIpc) is 2.69. The molecule has 0 N–H and O–H groups in total. The highest BCUT2D eigenvalue weighted by Crippen LogP contribution is 2.58. The molecular formula is C22H18ClO3P. The van der Waals surface area contributed by atoms with Gasteiger partial charge in [-0.25, -0.2) is 4.57 Å². The van der Waals surface area contributed by atoms with Gasteiger partial charge in [-0.15, -0.1) is 0 Å². The van der Waals surface area contributed by atoms with E-state index in [9.17, 15) is 4.57 Å². The molecule has 3 nitrogen and oxygen atoms in total. The average molecular weight is 397 g/mol. The van der Waals surface area contributed by atoms with Gasteiger partial charge in [0, 0.05) is 16.7 Å². The summed E-state index contributed by atoms with van der Waals surface area (Å²) in [6.07, 6.45) is 0. The summed E-state index contributed by atoms with van der Waals surface area (Å²) >= 11 is 6.45. The summed E-state index contributed by atoms with van der Waals surface area (Å²) in [6.45, 7) is 2.04. The summed E-state index contributed by atoms with van der Waals surface area (Å²) in [7, 11) is -3.61. The molecule has 0 fully saturated rings. The van der Waals surface area contributed by atoms with E-state index >= 15 is 0 Å². The highest BCUT2D eigenvalue weighted by atomic mass is 35.5. The van der Waals surface area contributed by atoms with Crippen LogP contribution in [-0.2, 0) is 13.6 Å². The lowest BCUT2D eigenvalue weighted by Gasteiger charge is -2.31. The summed E-state index contributed by atoms with van der Waals surface area (Å²) in [6, 6.07) is 25.0. The van der Waals surface area contributed by atoms with Crippen LogP contribution in [0.25, 0.3) is 11.3 Å². The van der Waals surface area contributed by atoms with Gasteiger partial charge in [-0.2, -0.15) is 0 Å². The Morgan fingerprint density at radius 3 is 2.15 bits per heavy atom. The molecule has 0 aliphatic carbocycles. The Morgan fingerprint density at radius 2 is 1.52 bits per heavy atom. The number of benzene rings is 3. The Labute approximate surface area is 163 Å². The first-order valence-corrected chi connectivity index (χ1v) is 10.6. The molecule has 0 saturated carbocycles. The normalized spacial score (nSPS) is 18.7. The van der Waals surface area contributed by atoms with Gasteiger partial charge in [0.1, 0.15) is 11.1 Å². The van der Waals surface area contributed by atoms with Crippen molar-refractivity contribution in [3.63, 3.8) is 0 Å². The van der Waals surface area contributed by atoms with Crippen molar-refractivity contribution in [2.24, 2.45) is 0 Å². The zero-order valence-corrected chi connectivity index (χ0v) is 16.4. The second-order valence-electron chi connectivity index (χ2n) is 6.08. The second kappa shape index (κ2) is 7.36. The van der Waals surface area contributed by atoms with Crippen LogP contribution in [0.2, 0.25) is 5.02 Å². The maximum Gasteiger partial charge on any atom is 0.412 e. The molecule has 0 bridgehead atoms. The Bertz CT molecular complexity index is 1050. The van der Waals surface area contributed by atoms with Crippen molar-refractivity contribution < 1.29 is 13.6 Å². The number of hydrogen-bond donors (Lipinski definition) is 0. The summed E-state index contributed by atoms with van der Waals surface area (Å²) < 4.78 is 25.4. The summed E-state index contributed by atoms with van der Waals surface area (Å²) in [5, 5.41) is 0.803. The van der Waals surface area contributed by atoms with E-state index in [1.165, 1.54) is 0 Å². The number of rotatable bonds is 4. The third kappa shape index (κ3) is 3.23. The van der Waals surface area contributed by atoms with Gasteiger partial charge >= 0.3 is 7.60 Å². The zero-order valence-electron chi connectivity index (χ0n) is 14.8. The first-order valence-electron chi connectivity index (χ1n) is 8.73. The minimum absolute atomic E-state index is 0.255. The van der Waals surface area contributed by atoms with Crippen LogP contribution in [0.4, 0.5) is 0 Å². The van der Waals surface area contributed by atoms with Crippen LogP contribution >= 0.6 is 19.2 Å². The van der Waals surface area contributed by atoms with Crippen molar-refractivity contribution in [2.75, 3.05) is 6.61 Å². The van der Waals surface area contributed by atoms with Crippen molar-refractivity contribution in [1.29, 1.82) is 0 Å². The predicted molar refractivity (Wildman–Crippen MR) is 110 cm³/mol. The molecule has 0 saturated heterocycles. The standard InChI is InChI=1S/C22H18ClO3P/c1-2-25-27(24)22-18(14-9-15-19(22)23)20(16-10-5-3-6-11-16)21(26-27)17-12-7-4-8-13-17/h3-15H,2H2,1H3. The molecule has 1 atom stereocenters. The van der Waals surface area contributed by atoms with E-state index in [1.54, 1.807) is 13.0 Å². The Balaban J connectivity index is 2.08. The first kappa shape index (κ1) is 18.1. The van der Waals surface area contributed by atoms with E-state index in [4.69, 9.17) is 20.6 Å². The molecule has 136 valence electrons. The molecule has 3 aromatic rings. The third-order valence-electron chi connectivity index (χ3n) is 4.37. The van der Waals surface area contributed by atoms with Crippen LogP contribution in [0.1, 0.15) is 23.6 Å². The smallest absolute Gasteiger partial charge is 0.412 e. The lowest BCUT2D eigenvalue weighted by molar-refractivity contribution is 0.279. The van der Waals surface area contributed by atoms with Crippen molar-refractivity contribution in [3.8, 4) is 0 Å². The molecule has 4 rings (SSSR count). The van der Waals surface area contributed by atoms with Crippen LogP contribution in [0.15, 0.2) is 78.9 Å². The molecule has 27 heavy (non-hydrogen) atoms.